The molecule has 28 heavy (non-hydrogen) atoms. The number of ether oxygens (including phenoxy) is 3. The van der Waals surface area contributed by atoms with Crippen LogP contribution in [0.15, 0.2) is 42.5 Å². The van der Waals surface area contributed by atoms with Crippen LogP contribution >= 0.6 is 0 Å². The molecule has 148 valence electrons. The maximum atomic E-state index is 12.3. The number of esters is 2. The summed E-state index contributed by atoms with van der Waals surface area (Å²) in [4.78, 5) is 35.9. The highest BCUT2D eigenvalue weighted by molar-refractivity contribution is 6.03. The zero-order valence-electron chi connectivity index (χ0n) is 15.9. The van der Waals surface area contributed by atoms with Crippen molar-refractivity contribution in [3.63, 3.8) is 0 Å². The molecule has 8 nitrogen and oxygen atoms in total. The fraction of sp³-hybridized carbons (Fsp3) is 0.250. The molecule has 2 N–H and O–H groups in total. The zero-order chi connectivity index (χ0) is 20.5. The van der Waals surface area contributed by atoms with Crippen molar-refractivity contribution in [3.8, 4) is 5.75 Å². The van der Waals surface area contributed by atoms with Crippen molar-refractivity contribution in [2.75, 3.05) is 26.1 Å². The van der Waals surface area contributed by atoms with E-state index in [-0.39, 0.29) is 23.4 Å². The molecule has 2 aromatic carbocycles. The van der Waals surface area contributed by atoms with Crippen LogP contribution in [0.25, 0.3) is 0 Å². The van der Waals surface area contributed by atoms with Gasteiger partial charge in [0.05, 0.1) is 37.6 Å². The molecule has 0 heterocycles. The van der Waals surface area contributed by atoms with Gasteiger partial charge in [-0.25, -0.2) is 14.4 Å². The number of benzene rings is 2. The van der Waals surface area contributed by atoms with Gasteiger partial charge in [0.25, 0.3) is 0 Å². The summed E-state index contributed by atoms with van der Waals surface area (Å²) in [5, 5.41) is 5.25. The molecule has 0 fully saturated rings. The molecule has 0 spiro atoms. The standard InChI is InChI=1S/C20H22N2O6/c1-4-28-15-8-5-13(6-9-15)12-21-20(25)22-17-11-14(18(23)26-2)7-10-16(17)19(24)27-3/h5-11H,4,12H2,1-3H3,(H2,21,22,25). The second-order valence-corrected chi connectivity index (χ2v) is 5.63. The van der Waals surface area contributed by atoms with Crippen LogP contribution in [-0.2, 0) is 16.0 Å². The fourth-order valence-electron chi connectivity index (χ4n) is 2.40. The average molecular weight is 386 g/mol. The Morgan fingerprint density at radius 2 is 1.61 bits per heavy atom. The van der Waals surface area contributed by atoms with Gasteiger partial charge < -0.3 is 24.8 Å². The minimum Gasteiger partial charge on any atom is -0.494 e. The summed E-state index contributed by atoms with van der Waals surface area (Å²) in [7, 11) is 2.47. The first-order chi connectivity index (χ1) is 13.5. The van der Waals surface area contributed by atoms with Crippen molar-refractivity contribution in [1.82, 2.24) is 5.32 Å². The van der Waals surface area contributed by atoms with Gasteiger partial charge in [-0.1, -0.05) is 12.1 Å². The van der Waals surface area contributed by atoms with Crippen LogP contribution in [0.1, 0.15) is 33.2 Å². The summed E-state index contributed by atoms with van der Waals surface area (Å²) in [5.74, 6) is -0.481. The lowest BCUT2D eigenvalue weighted by Crippen LogP contribution is -2.29. The first-order valence-electron chi connectivity index (χ1n) is 8.55. The van der Waals surface area contributed by atoms with Gasteiger partial charge >= 0.3 is 18.0 Å². The Kier molecular flexibility index (Phi) is 7.38. The van der Waals surface area contributed by atoms with Crippen LogP contribution in [0.3, 0.4) is 0 Å². The number of carbonyl (C=O) groups is 3. The number of nitrogens with one attached hydrogen (secondary N) is 2. The van der Waals surface area contributed by atoms with Gasteiger partial charge in [0.15, 0.2) is 0 Å². The smallest absolute Gasteiger partial charge is 0.339 e. The van der Waals surface area contributed by atoms with E-state index in [1.807, 2.05) is 31.2 Å². The van der Waals surface area contributed by atoms with Crippen molar-refractivity contribution in [3.05, 3.63) is 59.2 Å². The second-order valence-electron chi connectivity index (χ2n) is 5.63. The molecule has 2 amide bonds. The topological polar surface area (TPSA) is 103 Å². The number of hydrogen-bond donors (Lipinski definition) is 2. The van der Waals surface area contributed by atoms with Crippen LogP contribution in [0.2, 0.25) is 0 Å². The molecular weight excluding hydrogens is 364 g/mol. The quantitative estimate of drug-likeness (QED) is 0.709. The maximum Gasteiger partial charge on any atom is 0.339 e. The van der Waals surface area contributed by atoms with Gasteiger partial charge in [-0.05, 0) is 42.8 Å². The third-order valence-corrected chi connectivity index (χ3v) is 3.78. The van der Waals surface area contributed by atoms with Gasteiger partial charge in [0.2, 0.25) is 0 Å². The zero-order valence-corrected chi connectivity index (χ0v) is 15.9. The van der Waals surface area contributed by atoms with Crippen LogP contribution in [0.5, 0.6) is 5.75 Å². The van der Waals surface area contributed by atoms with E-state index < -0.39 is 18.0 Å². The SMILES string of the molecule is CCOc1ccc(CNC(=O)Nc2cc(C(=O)OC)ccc2C(=O)OC)cc1. The van der Waals surface area contributed by atoms with E-state index in [0.717, 1.165) is 11.3 Å². The highest BCUT2D eigenvalue weighted by Crippen LogP contribution is 2.20. The number of hydrogen-bond acceptors (Lipinski definition) is 6. The number of anilines is 1. The van der Waals surface area contributed by atoms with Gasteiger partial charge in [-0.2, -0.15) is 0 Å². The number of urea groups is 1. The normalized spacial score (nSPS) is 9.96. The molecule has 8 heteroatoms. The Balaban J connectivity index is 2.08. The van der Waals surface area contributed by atoms with Crippen molar-refractivity contribution in [2.45, 2.75) is 13.5 Å². The molecule has 0 aliphatic rings. The lowest BCUT2D eigenvalue weighted by molar-refractivity contribution is 0.0587. The van der Waals surface area contributed by atoms with Crippen molar-refractivity contribution in [2.24, 2.45) is 0 Å². The lowest BCUT2D eigenvalue weighted by atomic mass is 10.1. The largest absolute Gasteiger partial charge is 0.494 e. The third kappa shape index (κ3) is 5.47. The monoisotopic (exact) mass is 386 g/mol. The summed E-state index contributed by atoms with van der Waals surface area (Å²) >= 11 is 0. The highest BCUT2D eigenvalue weighted by atomic mass is 16.5. The number of methoxy groups -OCH3 is 2. The Labute approximate surface area is 162 Å². The molecule has 0 unspecified atom stereocenters. The van der Waals surface area contributed by atoms with E-state index in [9.17, 15) is 14.4 Å². The van der Waals surface area contributed by atoms with Crippen molar-refractivity contribution < 1.29 is 28.6 Å². The molecule has 0 atom stereocenters. The molecule has 0 aliphatic carbocycles. The number of amides is 2. The summed E-state index contributed by atoms with van der Waals surface area (Å²) in [6, 6.07) is 10.9. The van der Waals surface area contributed by atoms with Crippen LogP contribution in [0, 0.1) is 0 Å². The highest BCUT2D eigenvalue weighted by Gasteiger charge is 2.17. The maximum absolute atomic E-state index is 12.3. The second kappa shape index (κ2) is 9.96. The molecule has 0 saturated heterocycles. The molecule has 0 saturated carbocycles. The summed E-state index contributed by atoms with van der Waals surface area (Å²) in [6.07, 6.45) is 0. The first kappa shape index (κ1) is 20.8. The van der Waals surface area contributed by atoms with E-state index in [4.69, 9.17) is 9.47 Å². The van der Waals surface area contributed by atoms with Crippen LogP contribution in [0.4, 0.5) is 10.5 Å². The average Bonchev–Trinajstić information content (AvgIpc) is 2.72. The third-order valence-electron chi connectivity index (χ3n) is 3.78. The number of rotatable bonds is 7. The Bertz CT molecular complexity index is 848. The summed E-state index contributed by atoms with van der Waals surface area (Å²) < 4.78 is 14.7. The number of carbonyl (C=O) groups excluding carboxylic acids is 3. The summed E-state index contributed by atoms with van der Waals surface area (Å²) in [6.45, 7) is 2.74. The molecule has 0 bridgehead atoms. The molecule has 0 aliphatic heterocycles. The predicted octanol–water partition coefficient (Wildman–Crippen LogP) is 2.98. The minimum atomic E-state index is -0.641. The fourth-order valence-corrected chi connectivity index (χ4v) is 2.40. The predicted molar refractivity (Wildman–Crippen MR) is 103 cm³/mol. The van der Waals surface area contributed by atoms with E-state index in [1.54, 1.807) is 0 Å². The molecule has 2 rings (SSSR count). The van der Waals surface area contributed by atoms with Crippen LogP contribution in [-0.4, -0.2) is 38.8 Å². The van der Waals surface area contributed by atoms with Crippen molar-refractivity contribution in [1.29, 1.82) is 0 Å². The first-order valence-corrected chi connectivity index (χ1v) is 8.55. The minimum absolute atomic E-state index is 0.117. The van der Waals surface area contributed by atoms with E-state index in [0.29, 0.717) is 6.61 Å². The molecule has 0 radical (unpaired) electrons. The Hall–Kier alpha value is -3.55. The lowest BCUT2D eigenvalue weighted by Gasteiger charge is -2.12. The van der Waals surface area contributed by atoms with Gasteiger partial charge in [0.1, 0.15) is 5.75 Å². The molecule has 2 aromatic rings. The Morgan fingerprint density at radius 1 is 0.929 bits per heavy atom. The van der Waals surface area contributed by atoms with Gasteiger partial charge in [-0.15, -0.1) is 0 Å². The van der Waals surface area contributed by atoms with Gasteiger partial charge in [0, 0.05) is 6.54 Å². The summed E-state index contributed by atoms with van der Waals surface area (Å²) in [5.41, 5.74) is 1.32. The van der Waals surface area contributed by atoms with Crippen LogP contribution < -0.4 is 15.4 Å². The van der Waals surface area contributed by atoms with Gasteiger partial charge in [-0.3, -0.25) is 0 Å². The van der Waals surface area contributed by atoms with E-state index >= 15 is 0 Å². The van der Waals surface area contributed by atoms with E-state index in [1.165, 1.54) is 32.4 Å². The van der Waals surface area contributed by atoms with Crippen molar-refractivity contribution >= 4 is 23.7 Å². The molecule has 0 aromatic heterocycles. The Morgan fingerprint density at radius 3 is 2.21 bits per heavy atom. The van der Waals surface area contributed by atoms with E-state index in [2.05, 4.69) is 15.4 Å². The molecular formula is C20H22N2O6.